The van der Waals surface area contributed by atoms with Crippen LogP contribution in [0.5, 0.6) is 0 Å². The van der Waals surface area contributed by atoms with Crippen molar-refractivity contribution < 1.29 is 4.79 Å². The standard InChI is InChI=1S/C13H16Br2ClNO/c1-8(2)12(3-4-16)17-13(18)9-5-10(14)7-11(15)6-9/h5-8,12H,3-4H2,1-2H3,(H,17,18). The predicted octanol–water partition coefficient (Wildman–Crippen LogP) is 4.59. The van der Waals surface area contributed by atoms with Gasteiger partial charge in [0.2, 0.25) is 0 Å². The van der Waals surface area contributed by atoms with Gasteiger partial charge in [0, 0.05) is 26.4 Å². The highest BCUT2D eigenvalue weighted by Gasteiger charge is 2.17. The molecule has 5 heteroatoms. The van der Waals surface area contributed by atoms with Crippen LogP contribution >= 0.6 is 43.5 Å². The van der Waals surface area contributed by atoms with Gasteiger partial charge in [-0.15, -0.1) is 11.6 Å². The molecule has 0 radical (unpaired) electrons. The molecule has 18 heavy (non-hydrogen) atoms. The van der Waals surface area contributed by atoms with Gasteiger partial charge in [0.1, 0.15) is 0 Å². The Morgan fingerprint density at radius 3 is 2.28 bits per heavy atom. The second-order valence-corrected chi connectivity index (χ2v) is 6.67. The van der Waals surface area contributed by atoms with E-state index >= 15 is 0 Å². The molecular weight excluding hydrogens is 381 g/mol. The predicted molar refractivity (Wildman–Crippen MR) is 83.3 cm³/mol. The lowest BCUT2D eigenvalue weighted by atomic mass is 10.0. The van der Waals surface area contributed by atoms with Crippen LogP contribution in [0.1, 0.15) is 30.6 Å². The molecule has 1 aromatic rings. The molecule has 0 aliphatic heterocycles. The van der Waals surface area contributed by atoms with Gasteiger partial charge in [0.25, 0.3) is 5.91 Å². The number of hydrogen-bond acceptors (Lipinski definition) is 1. The van der Waals surface area contributed by atoms with E-state index < -0.39 is 0 Å². The molecule has 0 heterocycles. The minimum atomic E-state index is -0.0687. The third-order valence-corrected chi connectivity index (χ3v) is 3.80. The molecule has 1 amide bonds. The highest BCUT2D eigenvalue weighted by atomic mass is 79.9. The van der Waals surface area contributed by atoms with Crippen molar-refractivity contribution in [2.45, 2.75) is 26.3 Å². The molecule has 1 rings (SSSR count). The number of nitrogens with one attached hydrogen (secondary N) is 1. The molecule has 2 nitrogen and oxygen atoms in total. The molecule has 1 unspecified atom stereocenters. The first kappa shape index (κ1) is 16.0. The number of halogens is 3. The van der Waals surface area contributed by atoms with Crippen LogP contribution in [0.3, 0.4) is 0 Å². The smallest absolute Gasteiger partial charge is 0.251 e. The molecule has 0 aromatic heterocycles. The van der Waals surface area contributed by atoms with Crippen LogP contribution in [0, 0.1) is 5.92 Å². The summed E-state index contributed by atoms with van der Waals surface area (Å²) in [6.07, 6.45) is 0.778. The average molecular weight is 398 g/mol. The summed E-state index contributed by atoms with van der Waals surface area (Å²) < 4.78 is 1.75. The lowest BCUT2D eigenvalue weighted by Gasteiger charge is -2.21. The zero-order chi connectivity index (χ0) is 13.7. The largest absolute Gasteiger partial charge is 0.349 e. The second kappa shape index (κ2) is 7.51. The Hall–Kier alpha value is -0.0600. The summed E-state index contributed by atoms with van der Waals surface area (Å²) in [5.41, 5.74) is 0.636. The number of carbonyl (C=O) groups is 1. The Balaban J connectivity index is 2.80. The van der Waals surface area contributed by atoms with E-state index in [2.05, 4.69) is 51.0 Å². The summed E-state index contributed by atoms with van der Waals surface area (Å²) in [6, 6.07) is 5.61. The zero-order valence-electron chi connectivity index (χ0n) is 10.3. The number of benzene rings is 1. The Bertz CT molecular complexity index is 403. The maximum Gasteiger partial charge on any atom is 0.251 e. The SMILES string of the molecule is CC(C)C(CCCl)NC(=O)c1cc(Br)cc(Br)c1. The fourth-order valence-corrected chi connectivity index (χ4v) is 3.16. The summed E-state index contributed by atoms with van der Waals surface area (Å²) in [5.74, 6) is 0.842. The summed E-state index contributed by atoms with van der Waals surface area (Å²) in [7, 11) is 0. The van der Waals surface area contributed by atoms with Crippen LogP contribution < -0.4 is 5.32 Å². The van der Waals surface area contributed by atoms with E-state index in [1.807, 2.05) is 6.07 Å². The molecule has 0 fully saturated rings. The van der Waals surface area contributed by atoms with Crippen molar-refractivity contribution in [3.05, 3.63) is 32.7 Å². The van der Waals surface area contributed by atoms with E-state index in [1.165, 1.54) is 0 Å². The zero-order valence-corrected chi connectivity index (χ0v) is 14.3. The lowest BCUT2D eigenvalue weighted by molar-refractivity contribution is 0.0925. The van der Waals surface area contributed by atoms with E-state index in [4.69, 9.17) is 11.6 Å². The molecule has 0 saturated heterocycles. The second-order valence-electron chi connectivity index (χ2n) is 4.46. The number of rotatable bonds is 5. The van der Waals surface area contributed by atoms with Crippen molar-refractivity contribution in [1.29, 1.82) is 0 Å². The normalized spacial score (nSPS) is 12.6. The van der Waals surface area contributed by atoms with Crippen molar-refractivity contribution in [2.75, 3.05) is 5.88 Å². The summed E-state index contributed by atoms with van der Waals surface area (Å²) in [6.45, 7) is 4.16. The van der Waals surface area contributed by atoms with E-state index in [0.717, 1.165) is 15.4 Å². The van der Waals surface area contributed by atoms with Crippen molar-refractivity contribution >= 4 is 49.4 Å². The van der Waals surface area contributed by atoms with E-state index in [-0.39, 0.29) is 11.9 Å². The topological polar surface area (TPSA) is 29.1 Å². The van der Waals surface area contributed by atoms with Crippen molar-refractivity contribution in [1.82, 2.24) is 5.32 Å². The number of amides is 1. The molecule has 1 aromatic carbocycles. The Labute approximate surface area is 130 Å². The third-order valence-electron chi connectivity index (χ3n) is 2.67. The van der Waals surface area contributed by atoms with Gasteiger partial charge in [-0.1, -0.05) is 45.7 Å². The van der Waals surface area contributed by atoms with Gasteiger partial charge in [-0.25, -0.2) is 0 Å². The van der Waals surface area contributed by atoms with Crippen LogP contribution in [0.2, 0.25) is 0 Å². The fraction of sp³-hybridized carbons (Fsp3) is 0.462. The molecule has 0 saturated carbocycles. The molecule has 0 spiro atoms. The van der Waals surface area contributed by atoms with Gasteiger partial charge < -0.3 is 5.32 Å². The highest BCUT2D eigenvalue weighted by Crippen LogP contribution is 2.20. The van der Waals surface area contributed by atoms with Crippen LogP contribution in [0.15, 0.2) is 27.1 Å². The third kappa shape index (κ3) is 4.90. The first-order valence-corrected chi connectivity index (χ1v) is 7.89. The van der Waals surface area contributed by atoms with Gasteiger partial charge in [0.05, 0.1) is 0 Å². The lowest BCUT2D eigenvalue weighted by Crippen LogP contribution is -2.38. The van der Waals surface area contributed by atoms with E-state index in [9.17, 15) is 4.79 Å². The van der Waals surface area contributed by atoms with Gasteiger partial charge in [0.15, 0.2) is 0 Å². The van der Waals surface area contributed by atoms with Gasteiger partial charge in [-0.3, -0.25) is 4.79 Å². The van der Waals surface area contributed by atoms with E-state index in [1.54, 1.807) is 12.1 Å². The number of alkyl halides is 1. The molecule has 100 valence electrons. The quantitative estimate of drug-likeness (QED) is 0.723. The maximum absolute atomic E-state index is 12.1. The first-order valence-electron chi connectivity index (χ1n) is 5.77. The van der Waals surface area contributed by atoms with Crippen molar-refractivity contribution in [3.8, 4) is 0 Å². The van der Waals surface area contributed by atoms with Gasteiger partial charge >= 0.3 is 0 Å². The van der Waals surface area contributed by atoms with Crippen molar-refractivity contribution in [3.63, 3.8) is 0 Å². The number of carbonyl (C=O) groups excluding carboxylic acids is 1. The Morgan fingerprint density at radius 2 is 1.83 bits per heavy atom. The van der Waals surface area contributed by atoms with Crippen LogP contribution in [-0.2, 0) is 0 Å². The molecule has 1 N–H and O–H groups in total. The van der Waals surface area contributed by atoms with Crippen LogP contribution in [0.25, 0.3) is 0 Å². The fourth-order valence-electron chi connectivity index (χ4n) is 1.63. The average Bonchev–Trinajstić information content (AvgIpc) is 2.26. The first-order chi connectivity index (χ1) is 8.43. The van der Waals surface area contributed by atoms with Crippen molar-refractivity contribution in [2.24, 2.45) is 5.92 Å². The minimum absolute atomic E-state index is 0.0687. The van der Waals surface area contributed by atoms with Gasteiger partial charge in [-0.05, 0) is 30.5 Å². The molecule has 0 aliphatic carbocycles. The summed E-state index contributed by atoms with van der Waals surface area (Å²) in [5, 5.41) is 3.02. The molecule has 0 aliphatic rings. The van der Waals surface area contributed by atoms with Crippen LogP contribution in [0.4, 0.5) is 0 Å². The van der Waals surface area contributed by atoms with Gasteiger partial charge in [-0.2, -0.15) is 0 Å². The Morgan fingerprint density at radius 1 is 1.28 bits per heavy atom. The summed E-state index contributed by atoms with van der Waals surface area (Å²) in [4.78, 5) is 12.1. The minimum Gasteiger partial charge on any atom is -0.349 e. The monoisotopic (exact) mass is 395 g/mol. The van der Waals surface area contributed by atoms with Crippen LogP contribution in [-0.4, -0.2) is 17.8 Å². The molecule has 0 bridgehead atoms. The highest BCUT2D eigenvalue weighted by molar-refractivity contribution is 9.11. The summed E-state index contributed by atoms with van der Waals surface area (Å²) >= 11 is 12.5. The molecular formula is C13H16Br2ClNO. The Kier molecular flexibility index (Phi) is 6.67. The number of hydrogen-bond donors (Lipinski definition) is 1. The molecule has 1 atom stereocenters. The van der Waals surface area contributed by atoms with E-state index in [0.29, 0.717) is 17.4 Å². The maximum atomic E-state index is 12.1.